The Kier molecular flexibility index (Phi) is 7.11. The number of halogens is 2. The third-order valence-electron chi connectivity index (χ3n) is 2.63. The number of amides is 1. The lowest BCUT2D eigenvalue weighted by Gasteiger charge is -2.03. The van der Waals surface area contributed by atoms with Gasteiger partial charge >= 0.3 is 0 Å². The van der Waals surface area contributed by atoms with E-state index in [1.54, 1.807) is 13.1 Å². The molecular weight excluding hydrogens is 329 g/mol. The number of aromatic nitrogens is 1. The number of carbonyl (C=O) groups excluding carboxylic acids is 1. The molecule has 1 atom stereocenters. The van der Waals surface area contributed by atoms with Crippen LogP contribution in [0.4, 0.5) is 5.13 Å². The molecule has 1 unspecified atom stereocenters. The Bertz CT molecular complexity index is 601. The van der Waals surface area contributed by atoms with E-state index >= 15 is 0 Å². The number of thiazole rings is 1. The molecule has 0 aliphatic carbocycles. The first-order valence-electron chi connectivity index (χ1n) is 6.28. The molecule has 114 valence electrons. The minimum atomic E-state index is -0.155. The van der Waals surface area contributed by atoms with Crippen LogP contribution < -0.4 is 11.1 Å². The molecule has 0 aliphatic heterocycles. The van der Waals surface area contributed by atoms with Gasteiger partial charge in [0.2, 0.25) is 5.91 Å². The van der Waals surface area contributed by atoms with Crippen LogP contribution in [0.3, 0.4) is 0 Å². The minimum absolute atomic E-state index is 0. The molecule has 1 amide bonds. The molecule has 0 radical (unpaired) electrons. The fraction of sp³-hybridized carbons (Fsp3) is 0.286. The largest absolute Gasteiger partial charge is 0.327 e. The molecule has 1 aromatic carbocycles. The zero-order valence-electron chi connectivity index (χ0n) is 11.5. The molecule has 0 saturated heterocycles. The Morgan fingerprint density at radius 3 is 2.86 bits per heavy atom. The van der Waals surface area contributed by atoms with E-state index in [0.29, 0.717) is 18.0 Å². The van der Waals surface area contributed by atoms with Crippen LogP contribution in [0.2, 0.25) is 5.02 Å². The molecule has 0 spiro atoms. The summed E-state index contributed by atoms with van der Waals surface area (Å²) in [6, 6.07) is 7.54. The Morgan fingerprint density at radius 1 is 1.48 bits per heavy atom. The quantitative estimate of drug-likeness (QED) is 0.871. The van der Waals surface area contributed by atoms with Crippen LogP contribution in [-0.2, 0) is 11.2 Å². The average Bonchev–Trinajstić information content (AvgIpc) is 2.78. The highest BCUT2D eigenvalue weighted by Gasteiger charge is 2.09. The van der Waals surface area contributed by atoms with Crippen LogP contribution in [0, 0.1) is 0 Å². The molecule has 0 bridgehead atoms. The zero-order valence-corrected chi connectivity index (χ0v) is 13.9. The Labute approximate surface area is 139 Å². The summed E-state index contributed by atoms with van der Waals surface area (Å²) in [7, 11) is 0. The molecule has 21 heavy (non-hydrogen) atoms. The molecule has 1 aromatic heterocycles. The van der Waals surface area contributed by atoms with E-state index in [-0.39, 0.29) is 24.4 Å². The predicted molar refractivity (Wildman–Crippen MR) is 90.5 cm³/mol. The number of hydrogen-bond acceptors (Lipinski definition) is 4. The van der Waals surface area contributed by atoms with Crippen molar-refractivity contribution >= 4 is 46.4 Å². The van der Waals surface area contributed by atoms with Gasteiger partial charge in [-0.05, 0) is 18.6 Å². The molecule has 2 aromatic rings. The number of anilines is 1. The smallest absolute Gasteiger partial charge is 0.227 e. The molecule has 7 heteroatoms. The van der Waals surface area contributed by atoms with E-state index in [1.165, 1.54) is 11.3 Å². The second-order valence-corrected chi connectivity index (χ2v) is 6.15. The molecule has 1 heterocycles. The fourth-order valence-electron chi connectivity index (χ4n) is 1.74. The van der Waals surface area contributed by atoms with Crippen molar-refractivity contribution < 1.29 is 4.79 Å². The lowest BCUT2D eigenvalue weighted by Crippen LogP contribution is -2.23. The second kappa shape index (κ2) is 8.34. The number of nitrogens with one attached hydrogen (secondary N) is 1. The highest BCUT2D eigenvalue weighted by molar-refractivity contribution is 7.15. The first-order chi connectivity index (χ1) is 9.54. The van der Waals surface area contributed by atoms with Crippen molar-refractivity contribution in [2.45, 2.75) is 25.8 Å². The topological polar surface area (TPSA) is 68.0 Å². The van der Waals surface area contributed by atoms with E-state index in [2.05, 4.69) is 10.3 Å². The summed E-state index contributed by atoms with van der Waals surface area (Å²) in [6.07, 6.45) is 2.76. The summed E-state index contributed by atoms with van der Waals surface area (Å²) in [6.45, 7) is 1.80. The van der Waals surface area contributed by atoms with Gasteiger partial charge in [-0.25, -0.2) is 4.98 Å². The number of carbonyl (C=O) groups is 1. The van der Waals surface area contributed by atoms with Gasteiger partial charge in [0.15, 0.2) is 5.13 Å². The van der Waals surface area contributed by atoms with Crippen molar-refractivity contribution in [1.82, 2.24) is 4.98 Å². The Balaban J connectivity index is 0.00000220. The van der Waals surface area contributed by atoms with Crippen LogP contribution in [0.25, 0.3) is 0 Å². The van der Waals surface area contributed by atoms with Gasteiger partial charge < -0.3 is 11.1 Å². The second-order valence-electron chi connectivity index (χ2n) is 4.63. The van der Waals surface area contributed by atoms with E-state index in [9.17, 15) is 4.79 Å². The summed E-state index contributed by atoms with van der Waals surface area (Å²) < 4.78 is 0. The van der Waals surface area contributed by atoms with Crippen molar-refractivity contribution in [3.8, 4) is 0 Å². The summed E-state index contributed by atoms with van der Waals surface area (Å²) in [5.41, 5.74) is 6.63. The third-order valence-corrected chi connectivity index (χ3v) is 3.91. The van der Waals surface area contributed by atoms with Crippen LogP contribution in [0.15, 0.2) is 30.5 Å². The van der Waals surface area contributed by atoms with Gasteiger partial charge in [0, 0.05) is 35.0 Å². The molecule has 0 saturated carbocycles. The van der Waals surface area contributed by atoms with E-state index in [4.69, 9.17) is 17.3 Å². The molecule has 3 N–H and O–H groups in total. The monoisotopic (exact) mass is 345 g/mol. The summed E-state index contributed by atoms with van der Waals surface area (Å²) in [5, 5.41) is 4.08. The number of nitrogens with two attached hydrogens (primary N) is 1. The van der Waals surface area contributed by atoms with E-state index in [1.807, 2.05) is 24.3 Å². The predicted octanol–water partition coefficient (Wildman–Crippen LogP) is 3.48. The normalized spacial score (nSPS) is 11.6. The number of benzene rings is 1. The molecule has 0 aliphatic rings. The van der Waals surface area contributed by atoms with Crippen molar-refractivity contribution in [2.75, 3.05) is 5.32 Å². The van der Waals surface area contributed by atoms with Crippen LogP contribution in [-0.4, -0.2) is 16.9 Å². The maximum absolute atomic E-state index is 11.6. The average molecular weight is 346 g/mol. The minimum Gasteiger partial charge on any atom is -0.327 e. The van der Waals surface area contributed by atoms with Gasteiger partial charge in [-0.3, -0.25) is 4.79 Å². The Hall–Kier alpha value is -1.14. The van der Waals surface area contributed by atoms with E-state index < -0.39 is 0 Å². The summed E-state index contributed by atoms with van der Waals surface area (Å²) >= 11 is 7.57. The molecule has 2 rings (SSSR count). The van der Waals surface area contributed by atoms with Crippen molar-refractivity contribution in [1.29, 1.82) is 0 Å². The van der Waals surface area contributed by atoms with Crippen LogP contribution >= 0.6 is 35.3 Å². The Morgan fingerprint density at radius 2 is 2.19 bits per heavy atom. The van der Waals surface area contributed by atoms with Crippen molar-refractivity contribution in [2.24, 2.45) is 5.73 Å². The number of nitrogens with zero attached hydrogens (tertiary/aromatic N) is 1. The lowest BCUT2D eigenvalue weighted by atomic mass is 10.1. The highest BCUT2D eigenvalue weighted by atomic mass is 35.5. The number of rotatable bonds is 5. The lowest BCUT2D eigenvalue weighted by molar-refractivity contribution is -0.116. The van der Waals surface area contributed by atoms with Crippen LogP contribution in [0.5, 0.6) is 0 Å². The van der Waals surface area contributed by atoms with Gasteiger partial charge in [-0.2, -0.15) is 0 Å². The molecule has 0 fully saturated rings. The van der Waals surface area contributed by atoms with Crippen molar-refractivity contribution in [3.05, 3.63) is 45.9 Å². The fourth-order valence-corrected chi connectivity index (χ4v) is 2.79. The van der Waals surface area contributed by atoms with E-state index in [0.717, 1.165) is 15.5 Å². The van der Waals surface area contributed by atoms with Crippen LogP contribution in [0.1, 0.15) is 23.8 Å². The summed E-state index contributed by atoms with van der Waals surface area (Å²) in [5.74, 6) is -0.112. The first kappa shape index (κ1) is 17.9. The van der Waals surface area contributed by atoms with Gasteiger partial charge in [-0.1, -0.05) is 29.8 Å². The summed E-state index contributed by atoms with van der Waals surface area (Å²) in [4.78, 5) is 16.8. The van der Waals surface area contributed by atoms with Gasteiger partial charge in [0.1, 0.15) is 0 Å². The number of hydrogen-bond donors (Lipinski definition) is 2. The van der Waals surface area contributed by atoms with Crippen molar-refractivity contribution in [3.63, 3.8) is 0 Å². The standard InChI is InChI=1S/C14H16ClN3OS.ClH/c1-9(16)6-13(19)18-14-17-8-11(20-14)7-10-4-2-3-5-12(10)15;/h2-5,8-9H,6-7,16H2,1H3,(H,17,18,19);1H. The highest BCUT2D eigenvalue weighted by Crippen LogP contribution is 2.24. The molecule has 4 nitrogen and oxygen atoms in total. The third kappa shape index (κ3) is 5.63. The zero-order chi connectivity index (χ0) is 14.5. The maximum atomic E-state index is 11.6. The van der Waals surface area contributed by atoms with Gasteiger partial charge in [0.05, 0.1) is 0 Å². The maximum Gasteiger partial charge on any atom is 0.227 e. The SMILES string of the molecule is CC(N)CC(=O)Nc1ncc(Cc2ccccc2Cl)s1.Cl. The molecular formula is C14H17Cl2N3OS. The van der Waals surface area contributed by atoms with Gasteiger partial charge in [-0.15, -0.1) is 23.7 Å². The van der Waals surface area contributed by atoms with Gasteiger partial charge in [0.25, 0.3) is 0 Å². The first-order valence-corrected chi connectivity index (χ1v) is 7.47.